The third kappa shape index (κ3) is 6.07. The lowest BCUT2D eigenvalue weighted by Crippen LogP contribution is -2.29. The van der Waals surface area contributed by atoms with Crippen molar-refractivity contribution in [1.29, 1.82) is 0 Å². The molecule has 4 rings (SSSR count). The van der Waals surface area contributed by atoms with Gasteiger partial charge in [0, 0.05) is 25.5 Å². The zero-order valence-corrected chi connectivity index (χ0v) is 24.4. The van der Waals surface area contributed by atoms with Gasteiger partial charge in [-0.25, -0.2) is 4.98 Å². The van der Waals surface area contributed by atoms with Crippen LogP contribution in [0.2, 0.25) is 10.0 Å². The van der Waals surface area contributed by atoms with Gasteiger partial charge in [-0.15, -0.1) is 0 Å². The summed E-state index contributed by atoms with van der Waals surface area (Å²) in [5.74, 6) is 1.31. The van der Waals surface area contributed by atoms with Crippen molar-refractivity contribution in [2.45, 2.75) is 32.8 Å². The maximum absolute atomic E-state index is 13.3. The van der Waals surface area contributed by atoms with Gasteiger partial charge in [-0.1, -0.05) is 66.0 Å². The maximum atomic E-state index is 13.3. The van der Waals surface area contributed by atoms with E-state index in [9.17, 15) is 4.79 Å². The molecule has 0 aliphatic rings. The third-order valence-corrected chi connectivity index (χ3v) is 7.08. The molecular formula is C26H21BrCl2IN3O2. The van der Waals surface area contributed by atoms with E-state index < -0.39 is 0 Å². The van der Waals surface area contributed by atoms with E-state index >= 15 is 0 Å². The van der Waals surface area contributed by atoms with Gasteiger partial charge in [0.2, 0.25) is 0 Å². The zero-order valence-electron chi connectivity index (χ0n) is 19.2. The monoisotopic (exact) mass is 683 g/mol. The molecule has 0 spiro atoms. The van der Waals surface area contributed by atoms with Crippen LogP contribution in [0.15, 0.2) is 69.0 Å². The Labute approximate surface area is 235 Å². The highest BCUT2D eigenvalue weighted by Gasteiger charge is 2.23. The van der Waals surface area contributed by atoms with Crippen molar-refractivity contribution in [2.24, 2.45) is 5.10 Å². The summed E-state index contributed by atoms with van der Waals surface area (Å²) in [6.07, 6.45) is 1.66. The molecule has 0 aliphatic carbocycles. The van der Waals surface area contributed by atoms with Crippen LogP contribution in [0.5, 0.6) is 5.75 Å². The summed E-state index contributed by atoms with van der Waals surface area (Å²) in [7, 11) is 0. The number of ether oxygens (including phenoxy) is 1. The fourth-order valence-corrected chi connectivity index (χ4v) is 4.89. The van der Waals surface area contributed by atoms with Gasteiger partial charge >= 0.3 is 0 Å². The van der Waals surface area contributed by atoms with Crippen LogP contribution < -0.4 is 10.3 Å². The van der Waals surface area contributed by atoms with Gasteiger partial charge in [0.05, 0.1) is 20.7 Å². The van der Waals surface area contributed by atoms with Gasteiger partial charge in [-0.05, 0) is 76.7 Å². The summed E-state index contributed by atoms with van der Waals surface area (Å²) in [6.45, 7) is 6.34. The van der Waals surface area contributed by atoms with E-state index in [-0.39, 0.29) is 11.0 Å². The molecule has 0 radical (unpaired) electrons. The molecule has 4 aromatic rings. The van der Waals surface area contributed by atoms with E-state index in [2.05, 4.69) is 43.6 Å². The van der Waals surface area contributed by atoms with Crippen molar-refractivity contribution in [1.82, 2.24) is 9.66 Å². The van der Waals surface area contributed by atoms with Crippen LogP contribution in [0.1, 0.15) is 37.7 Å². The van der Waals surface area contributed by atoms with Crippen LogP contribution >= 0.6 is 61.7 Å². The van der Waals surface area contributed by atoms with E-state index in [0.717, 1.165) is 24.9 Å². The minimum Gasteiger partial charge on any atom is -0.488 e. The topological polar surface area (TPSA) is 56.5 Å². The smallest absolute Gasteiger partial charge is 0.282 e. The van der Waals surface area contributed by atoms with Crippen molar-refractivity contribution in [2.75, 3.05) is 0 Å². The summed E-state index contributed by atoms with van der Waals surface area (Å²) in [6, 6.07) is 16.5. The Hall–Kier alpha value is -1.94. The minimum atomic E-state index is -0.382. The molecule has 3 aromatic carbocycles. The first kappa shape index (κ1) is 26.1. The van der Waals surface area contributed by atoms with Crippen LogP contribution in [0, 0.1) is 3.57 Å². The fourth-order valence-electron chi connectivity index (χ4n) is 3.37. The quantitative estimate of drug-likeness (QED) is 0.159. The first-order chi connectivity index (χ1) is 16.5. The van der Waals surface area contributed by atoms with E-state index in [1.807, 2.05) is 57.2 Å². The van der Waals surface area contributed by atoms with Crippen molar-refractivity contribution in [3.8, 4) is 5.75 Å². The second-order valence-electron chi connectivity index (χ2n) is 8.92. The molecule has 1 aromatic heterocycles. The van der Waals surface area contributed by atoms with Crippen LogP contribution in [-0.4, -0.2) is 15.9 Å². The average molecular weight is 685 g/mol. The molecule has 9 heteroatoms. The predicted octanol–water partition coefficient (Wildman–Crippen LogP) is 7.83. The summed E-state index contributed by atoms with van der Waals surface area (Å²) in [4.78, 5) is 18.1. The summed E-state index contributed by atoms with van der Waals surface area (Å²) in [5, 5.41) is 6.18. The standard InChI is InChI=1S/C26H21BrCl2IN3O2/c1-26(2,3)25-32-22-8-6-17(27)11-19(22)24(34)33(25)31-13-15-4-9-23(21(30)10-15)35-14-16-5-7-18(28)12-20(16)29/h4-13H,14H2,1-3H3. The number of nitrogens with zero attached hydrogens (tertiary/aromatic N) is 3. The van der Waals surface area contributed by atoms with E-state index in [1.54, 1.807) is 24.4 Å². The number of fused-ring (bicyclic) bond motifs is 1. The zero-order chi connectivity index (χ0) is 25.3. The predicted molar refractivity (Wildman–Crippen MR) is 155 cm³/mol. The molecule has 0 N–H and O–H groups in total. The lowest BCUT2D eigenvalue weighted by molar-refractivity contribution is 0.304. The molecule has 180 valence electrons. The average Bonchev–Trinajstić information content (AvgIpc) is 2.78. The molecule has 5 nitrogen and oxygen atoms in total. The van der Waals surface area contributed by atoms with E-state index in [1.165, 1.54) is 4.68 Å². The van der Waals surface area contributed by atoms with E-state index in [4.69, 9.17) is 32.9 Å². The Morgan fingerprint density at radius 2 is 1.89 bits per heavy atom. The van der Waals surface area contributed by atoms with Gasteiger partial charge in [-0.2, -0.15) is 9.78 Å². The Morgan fingerprint density at radius 1 is 1.11 bits per heavy atom. The van der Waals surface area contributed by atoms with E-state index in [0.29, 0.717) is 33.4 Å². The number of rotatable bonds is 5. The van der Waals surface area contributed by atoms with Gasteiger partial charge in [0.15, 0.2) is 0 Å². The van der Waals surface area contributed by atoms with Crippen molar-refractivity contribution < 1.29 is 4.74 Å². The molecule has 35 heavy (non-hydrogen) atoms. The first-order valence-electron chi connectivity index (χ1n) is 10.7. The molecule has 0 bridgehead atoms. The third-order valence-electron chi connectivity index (χ3n) is 5.16. The Morgan fingerprint density at radius 3 is 2.57 bits per heavy atom. The normalized spacial score (nSPS) is 12.0. The van der Waals surface area contributed by atoms with Crippen molar-refractivity contribution in [3.05, 3.63) is 100.0 Å². The summed E-state index contributed by atoms with van der Waals surface area (Å²) >= 11 is 17.9. The SMILES string of the molecule is CC(C)(C)c1nc2ccc(Br)cc2c(=O)n1N=Cc1ccc(OCc2ccc(Cl)cc2Cl)c(I)c1. The number of aromatic nitrogens is 2. The maximum Gasteiger partial charge on any atom is 0.282 e. The second-order valence-corrected chi connectivity index (χ2v) is 11.8. The molecule has 0 atom stereocenters. The van der Waals surface area contributed by atoms with Gasteiger partial charge in [0.1, 0.15) is 18.2 Å². The largest absolute Gasteiger partial charge is 0.488 e. The molecule has 0 unspecified atom stereocenters. The number of hydrogen-bond donors (Lipinski definition) is 0. The highest BCUT2D eigenvalue weighted by atomic mass is 127. The minimum absolute atomic E-state index is 0.216. The number of hydrogen-bond acceptors (Lipinski definition) is 4. The summed E-state index contributed by atoms with van der Waals surface area (Å²) < 4.78 is 9.05. The molecule has 1 heterocycles. The molecule has 0 saturated carbocycles. The van der Waals surface area contributed by atoms with Crippen LogP contribution in [0.3, 0.4) is 0 Å². The molecule has 0 aliphatic heterocycles. The number of benzene rings is 3. The van der Waals surface area contributed by atoms with Crippen LogP contribution in [-0.2, 0) is 12.0 Å². The Kier molecular flexibility index (Phi) is 7.90. The highest BCUT2D eigenvalue weighted by molar-refractivity contribution is 14.1. The number of halogens is 4. The van der Waals surface area contributed by atoms with Crippen molar-refractivity contribution >= 4 is 78.8 Å². The fraction of sp³-hybridized carbons (Fsp3) is 0.192. The molecule has 0 saturated heterocycles. The Bertz CT molecular complexity index is 1510. The summed E-state index contributed by atoms with van der Waals surface area (Å²) in [5.41, 5.74) is 1.72. The highest BCUT2D eigenvalue weighted by Crippen LogP contribution is 2.26. The van der Waals surface area contributed by atoms with Crippen LogP contribution in [0.25, 0.3) is 10.9 Å². The Balaban J connectivity index is 1.63. The molecule has 0 amide bonds. The lowest BCUT2D eigenvalue weighted by Gasteiger charge is -2.20. The first-order valence-corrected chi connectivity index (χ1v) is 13.3. The van der Waals surface area contributed by atoms with Gasteiger partial charge < -0.3 is 4.74 Å². The van der Waals surface area contributed by atoms with Gasteiger partial charge in [-0.3, -0.25) is 4.79 Å². The second kappa shape index (κ2) is 10.6. The van der Waals surface area contributed by atoms with Crippen molar-refractivity contribution in [3.63, 3.8) is 0 Å². The van der Waals surface area contributed by atoms with Crippen LogP contribution in [0.4, 0.5) is 0 Å². The lowest BCUT2D eigenvalue weighted by atomic mass is 9.95. The molecular weight excluding hydrogens is 664 g/mol. The van der Waals surface area contributed by atoms with Gasteiger partial charge in [0.25, 0.3) is 5.56 Å². The molecule has 0 fully saturated rings.